The van der Waals surface area contributed by atoms with Gasteiger partial charge in [0.15, 0.2) is 0 Å². The maximum atomic E-state index is 11.2. The van der Waals surface area contributed by atoms with Crippen LogP contribution in [0.4, 0.5) is 5.69 Å². The second kappa shape index (κ2) is 5.75. The average molecular weight is 289 g/mol. The molecular weight excluding hydrogens is 278 g/mol. The molecule has 2 aromatic carbocycles. The Morgan fingerprint density at radius 3 is 2.40 bits per heavy atom. The fourth-order valence-electron chi connectivity index (χ4n) is 1.66. The van der Waals surface area contributed by atoms with Gasteiger partial charge in [-0.05, 0) is 31.2 Å². The molecule has 0 radical (unpaired) electrons. The van der Waals surface area contributed by atoms with E-state index in [9.17, 15) is 20.0 Å². The molecule has 5 nitrogen and oxygen atoms in total. The van der Waals surface area contributed by atoms with E-state index in [4.69, 9.17) is 0 Å². The molecule has 0 amide bonds. The number of aromatic carboxylic acids is 1. The van der Waals surface area contributed by atoms with Crippen molar-refractivity contribution in [3.8, 4) is 0 Å². The molecule has 6 heteroatoms. The number of rotatable bonds is 4. The first kappa shape index (κ1) is 14.1. The molecule has 2 rings (SSSR count). The molecule has 0 saturated carbocycles. The van der Waals surface area contributed by atoms with Gasteiger partial charge in [0.05, 0.1) is 10.5 Å². The van der Waals surface area contributed by atoms with E-state index in [1.807, 2.05) is 13.0 Å². The molecule has 1 N–H and O–H groups in total. The van der Waals surface area contributed by atoms with Gasteiger partial charge >= 0.3 is 5.97 Å². The summed E-state index contributed by atoms with van der Waals surface area (Å²) >= 11 is 1.27. The van der Waals surface area contributed by atoms with Crippen molar-refractivity contribution in [1.82, 2.24) is 0 Å². The van der Waals surface area contributed by atoms with Crippen LogP contribution in [0, 0.1) is 17.0 Å². The summed E-state index contributed by atoms with van der Waals surface area (Å²) in [6.07, 6.45) is 0. The standard InChI is InChI=1S/C14H11NO4S/c1-9-2-7-13(12(8-9)14(16)17)20-11-5-3-10(4-6-11)15(18)19/h2-8H,1H3,(H,16,17). The fraction of sp³-hybridized carbons (Fsp3) is 0.0714. The molecule has 0 spiro atoms. The number of carboxylic acid groups (broad SMARTS) is 1. The van der Waals surface area contributed by atoms with Crippen LogP contribution in [-0.4, -0.2) is 16.0 Å². The number of nitro groups is 1. The topological polar surface area (TPSA) is 80.4 Å². The third kappa shape index (κ3) is 3.16. The number of hydrogen-bond acceptors (Lipinski definition) is 4. The van der Waals surface area contributed by atoms with Gasteiger partial charge in [0.25, 0.3) is 5.69 Å². The van der Waals surface area contributed by atoms with Gasteiger partial charge in [-0.2, -0.15) is 0 Å². The number of nitro benzene ring substituents is 1. The van der Waals surface area contributed by atoms with Gasteiger partial charge in [0.1, 0.15) is 0 Å². The number of benzene rings is 2. The number of carboxylic acids is 1. The predicted octanol–water partition coefficient (Wildman–Crippen LogP) is 3.75. The molecule has 0 aliphatic carbocycles. The molecule has 0 heterocycles. The Labute approximate surface area is 119 Å². The maximum Gasteiger partial charge on any atom is 0.336 e. The highest BCUT2D eigenvalue weighted by Gasteiger charge is 2.12. The zero-order chi connectivity index (χ0) is 14.7. The monoisotopic (exact) mass is 289 g/mol. The molecule has 102 valence electrons. The second-order valence-corrected chi connectivity index (χ2v) is 5.27. The Hall–Kier alpha value is -2.34. The van der Waals surface area contributed by atoms with E-state index in [1.165, 1.54) is 23.9 Å². The lowest BCUT2D eigenvalue weighted by Gasteiger charge is -2.06. The summed E-state index contributed by atoms with van der Waals surface area (Å²) in [6.45, 7) is 1.83. The molecular formula is C14H11NO4S. The van der Waals surface area contributed by atoms with Crippen molar-refractivity contribution in [1.29, 1.82) is 0 Å². The molecule has 0 aromatic heterocycles. The van der Waals surface area contributed by atoms with Crippen LogP contribution in [0.5, 0.6) is 0 Å². The minimum atomic E-state index is -0.988. The Morgan fingerprint density at radius 1 is 1.20 bits per heavy atom. The van der Waals surface area contributed by atoms with Gasteiger partial charge in [0, 0.05) is 21.9 Å². The highest BCUT2D eigenvalue weighted by molar-refractivity contribution is 7.99. The number of non-ortho nitro benzene ring substituents is 1. The zero-order valence-corrected chi connectivity index (χ0v) is 11.4. The van der Waals surface area contributed by atoms with E-state index in [0.717, 1.165) is 10.5 Å². The van der Waals surface area contributed by atoms with Gasteiger partial charge in [0.2, 0.25) is 0 Å². The summed E-state index contributed by atoms with van der Waals surface area (Å²) in [7, 11) is 0. The lowest BCUT2D eigenvalue weighted by molar-refractivity contribution is -0.384. The first-order valence-electron chi connectivity index (χ1n) is 5.73. The Morgan fingerprint density at radius 2 is 1.85 bits per heavy atom. The summed E-state index contributed by atoms with van der Waals surface area (Å²) in [4.78, 5) is 22.7. The van der Waals surface area contributed by atoms with Crippen LogP contribution in [0.15, 0.2) is 52.3 Å². The number of carbonyl (C=O) groups is 1. The van der Waals surface area contributed by atoms with Crippen molar-refractivity contribution in [3.63, 3.8) is 0 Å². The first-order chi connectivity index (χ1) is 9.47. The Balaban J connectivity index is 2.30. The van der Waals surface area contributed by atoms with Crippen LogP contribution in [0.1, 0.15) is 15.9 Å². The van der Waals surface area contributed by atoms with Crippen molar-refractivity contribution in [2.24, 2.45) is 0 Å². The fourth-order valence-corrected chi connectivity index (χ4v) is 2.58. The molecule has 20 heavy (non-hydrogen) atoms. The highest BCUT2D eigenvalue weighted by Crippen LogP contribution is 2.32. The molecule has 0 aliphatic rings. The quantitative estimate of drug-likeness (QED) is 0.684. The molecule has 0 saturated heterocycles. The van der Waals surface area contributed by atoms with Crippen molar-refractivity contribution in [2.45, 2.75) is 16.7 Å². The summed E-state index contributed by atoms with van der Waals surface area (Å²) in [6, 6.07) is 11.2. The van der Waals surface area contributed by atoms with Crippen molar-refractivity contribution in [2.75, 3.05) is 0 Å². The van der Waals surface area contributed by atoms with E-state index < -0.39 is 10.9 Å². The number of nitrogens with zero attached hydrogens (tertiary/aromatic N) is 1. The second-order valence-electron chi connectivity index (χ2n) is 4.16. The predicted molar refractivity (Wildman–Crippen MR) is 75.4 cm³/mol. The molecule has 0 aliphatic heterocycles. The molecule has 0 bridgehead atoms. The van der Waals surface area contributed by atoms with Gasteiger partial charge < -0.3 is 5.11 Å². The summed E-state index contributed by atoms with van der Waals surface area (Å²) in [5.74, 6) is -0.988. The van der Waals surface area contributed by atoms with Gasteiger partial charge in [-0.25, -0.2) is 4.79 Å². The number of hydrogen-bond donors (Lipinski definition) is 1. The lowest BCUT2D eigenvalue weighted by Crippen LogP contribution is -1.99. The van der Waals surface area contributed by atoms with E-state index in [-0.39, 0.29) is 11.3 Å². The van der Waals surface area contributed by atoms with Crippen LogP contribution in [0.2, 0.25) is 0 Å². The van der Waals surface area contributed by atoms with Gasteiger partial charge in [-0.3, -0.25) is 10.1 Å². The van der Waals surface area contributed by atoms with Gasteiger partial charge in [-0.15, -0.1) is 0 Å². The first-order valence-corrected chi connectivity index (χ1v) is 6.55. The van der Waals surface area contributed by atoms with Crippen LogP contribution in [0.25, 0.3) is 0 Å². The van der Waals surface area contributed by atoms with Crippen molar-refractivity contribution < 1.29 is 14.8 Å². The number of aryl methyl sites for hydroxylation is 1. The van der Waals surface area contributed by atoms with Crippen LogP contribution in [-0.2, 0) is 0 Å². The maximum absolute atomic E-state index is 11.2. The Kier molecular flexibility index (Phi) is 4.05. The summed E-state index contributed by atoms with van der Waals surface area (Å²) < 4.78 is 0. The molecule has 2 aromatic rings. The third-order valence-electron chi connectivity index (χ3n) is 2.64. The minimum absolute atomic E-state index is 0.0108. The van der Waals surface area contributed by atoms with Crippen LogP contribution >= 0.6 is 11.8 Å². The van der Waals surface area contributed by atoms with E-state index >= 15 is 0 Å². The SMILES string of the molecule is Cc1ccc(Sc2ccc([N+](=O)[O-])cc2)c(C(=O)O)c1. The molecule has 0 fully saturated rings. The molecule has 0 unspecified atom stereocenters. The summed E-state index contributed by atoms with van der Waals surface area (Å²) in [5, 5.41) is 19.8. The Bertz CT molecular complexity index is 667. The van der Waals surface area contributed by atoms with Gasteiger partial charge in [-0.1, -0.05) is 23.4 Å². The summed E-state index contributed by atoms with van der Waals surface area (Å²) in [5.41, 5.74) is 1.11. The lowest BCUT2D eigenvalue weighted by atomic mass is 10.1. The zero-order valence-electron chi connectivity index (χ0n) is 10.6. The normalized spacial score (nSPS) is 10.2. The largest absolute Gasteiger partial charge is 0.478 e. The molecule has 0 atom stereocenters. The van der Waals surface area contributed by atoms with Crippen LogP contribution < -0.4 is 0 Å². The van der Waals surface area contributed by atoms with Crippen molar-refractivity contribution >= 4 is 23.4 Å². The van der Waals surface area contributed by atoms with E-state index in [1.54, 1.807) is 24.3 Å². The smallest absolute Gasteiger partial charge is 0.336 e. The van der Waals surface area contributed by atoms with E-state index in [0.29, 0.717) is 4.90 Å². The average Bonchev–Trinajstić information content (AvgIpc) is 2.41. The minimum Gasteiger partial charge on any atom is -0.478 e. The van der Waals surface area contributed by atoms with Crippen LogP contribution in [0.3, 0.4) is 0 Å². The van der Waals surface area contributed by atoms with Crippen molar-refractivity contribution in [3.05, 3.63) is 63.7 Å². The van der Waals surface area contributed by atoms with E-state index in [2.05, 4.69) is 0 Å². The highest BCUT2D eigenvalue weighted by atomic mass is 32.2. The third-order valence-corrected chi connectivity index (χ3v) is 3.72.